The lowest BCUT2D eigenvalue weighted by molar-refractivity contribution is -0.126. The summed E-state index contributed by atoms with van der Waals surface area (Å²) in [7, 11) is 0. The van der Waals surface area contributed by atoms with Gasteiger partial charge in [-0.1, -0.05) is 49.9 Å². The van der Waals surface area contributed by atoms with Crippen molar-refractivity contribution in [1.29, 1.82) is 0 Å². The molecule has 1 aromatic rings. The van der Waals surface area contributed by atoms with Crippen LogP contribution in [0.1, 0.15) is 76.3 Å². The minimum Gasteiger partial charge on any atom is -0.353 e. The van der Waals surface area contributed by atoms with E-state index in [2.05, 4.69) is 17.4 Å². The predicted octanol–water partition coefficient (Wildman–Crippen LogP) is 3.75. The molecule has 0 unspecified atom stereocenters. The average Bonchev–Trinajstić information content (AvgIpc) is 3.32. The summed E-state index contributed by atoms with van der Waals surface area (Å²) in [5.74, 6) is 0.140. The minimum atomic E-state index is -0.544. The van der Waals surface area contributed by atoms with E-state index in [4.69, 9.17) is 5.73 Å². The largest absolute Gasteiger partial charge is 0.353 e. The molecule has 2 fully saturated rings. The fourth-order valence-corrected chi connectivity index (χ4v) is 3.78. The fourth-order valence-electron chi connectivity index (χ4n) is 3.78. The van der Waals surface area contributed by atoms with E-state index >= 15 is 0 Å². The van der Waals surface area contributed by atoms with Gasteiger partial charge in [0.2, 0.25) is 5.91 Å². The molecule has 0 saturated heterocycles. The molecule has 126 valence electrons. The molecule has 0 spiro atoms. The molecule has 0 radical (unpaired) electrons. The summed E-state index contributed by atoms with van der Waals surface area (Å²) >= 11 is 0. The number of carbonyl (C=O) groups excluding carboxylic acids is 1. The van der Waals surface area contributed by atoms with Crippen LogP contribution in [0.3, 0.4) is 0 Å². The van der Waals surface area contributed by atoms with Crippen molar-refractivity contribution in [3.05, 3.63) is 35.4 Å². The van der Waals surface area contributed by atoms with Gasteiger partial charge in [0.05, 0.1) is 5.41 Å². The van der Waals surface area contributed by atoms with Gasteiger partial charge in [0.15, 0.2) is 0 Å². The van der Waals surface area contributed by atoms with Crippen LogP contribution in [0.5, 0.6) is 0 Å². The molecule has 2 saturated carbocycles. The highest BCUT2D eigenvalue weighted by Crippen LogP contribution is 2.46. The van der Waals surface area contributed by atoms with E-state index in [0.29, 0.717) is 6.04 Å². The first-order chi connectivity index (χ1) is 10.9. The van der Waals surface area contributed by atoms with Crippen LogP contribution in [0.15, 0.2) is 24.3 Å². The minimum absolute atomic E-state index is 0.140. The highest BCUT2D eigenvalue weighted by atomic mass is 16.2. The molecular weight excluding hydrogens is 284 g/mol. The van der Waals surface area contributed by atoms with Crippen molar-refractivity contribution in [2.24, 2.45) is 5.73 Å². The lowest BCUT2D eigenvalue weighted by Gasteiger charge is -2.30. The summed E-state index contributed by atoms with van der Waals surface area (Å²) < 4.78 is 0. The Morgan fingerprint density at radius 3 is 2.35 bits per heavy atom. The number of carbonyl (C=O) groups is 1. The molecule has 2 aliphatic rings. The molecule has 3 N–H and O–H groups in total. The predicted molar refractivity (Wildman–Crippen MR) is 94.2 cm³/mol. The van der Waals surface area contributed by atoms with Gasteiger partial charge in [-0.25, -0.2) is 0 Å². The number of rotatable bonds is 4. The summed E-state index contributed by atoms with van der Waals surface area (Å²) in [6, 6.07) is 8.57. The molecule has 2 aliphatic carbocycles. The van der Waals surface area contributed by atoms with Crippen LogP contribution in [0.2, 0.25) is 0 Å². The van der Waals surface area contributed by atoms with Crippen molar-refractivity contribution in [3.63, 3.8) is 0 Å². The molecule has 1 amide bonds. The molecule has 0 atom stereocenters. The van der Waals surface area contributed by atoms with Gasteiger partial charge in [0.1, 0.15) is 0 Å². The van der Waals surface area contributed by atoms with Gasteiger partial charge in [-0.3, -0.25) is 4.79 Å². The maximum atomic E-state index is 13.0. The average molecular weight is 314 g/mol. The standard InChI is InChI=1S/C20H30N2O/c1-19(2,18(23)22-15-9-5-3-4-6-10-15)16-11-7-8-12-17(16)20(21)13-14-20/h7-8,11-12,15H,3-6,9-10,13-14,21H2,1-2H3,(H,22,23). The van der Waals surface area contributed by atoms with Gasteiger partial charge in [0.25, 0.3) is 0 Å². The first-order valence-electron chi connectivity index (χ1n) is 9.13. The number of hydrogen-bond acceptors (Lipinski definition) is 2. The molecule has 3 heteroatoms. The van der Waals surface area contributed by atoms with Gasteiger partial charge < -0.3 is 11.1 Å². The van der Waals surface area contributed by atoms with Crippen LogP contribution in [0, 0.1) is 0 Å². The van der Waals surface area contributed by atoms with E-state index in [-0.39, 0.29) is 11.4 Å². The Morgan fingerprint density at radius 2 is 1.74 bits per heavy atom. The van der Waals surface area contributed by atoms with Crippen molar-refractivity contribution >= 4 is 5.91 Å². The van der Waals surface area contributed by atoms with Crippen molar-refractivity contribution in [1.82, 2.24) is 5.32 Å². The van der Waals surface area contributed by atoms with Crippen molar-refractivity contribution in [2.45, 2.75) is 82.2 Å². The summed E-state index contributed by atoms with van der Waals surface area (Å²) in [6.07, 6.45) is 9.33. The van der Waals surface area contributed by atoms with Crippen molar-refractivity contribution < 1.29 is 4.79 Å². The van der Waals surface area contributed by atoms with E-state index in [0.717, 1.165) is 36.8 Å². The number of amides is 1. The van der Waals surface area contributed by atoms with E-state index in [1.54, 1.807) is 0 Å². The zero-order chi connectivity index (χ0) is 16.5. The van der Waals surface area contributed by atoms with Crippen molar-refractivity contribution in [2.75, 3.05) is 0 Å². The van der Waals surface area contributed by atoms with Crippen LogP contribution < -0.4 is 11.1 Å². The third-order valence-corrected chi connectivity index (χ3v) is 5.68. The second-order valence-electron chi connectivity index (χ2n) is 7.99. The molecule has 23 heavy (non-hydrogen) atoms. The normalized spacial score (nSPS) is 21.5. The second kappa shape index (κ2) is 6.27. The molecule has 0 heterocycles. The Hall–Kier alpha value is -1.35. The first-order valence-corrected chi connectivity index (χ1v) is 9.13. The monoisotopic (exact) mass is 314 g/mol. The Morgan fingerprint density at radius 1 is 1.13 bits per heavy atom. The van der Waals surface area contributed by atoms with Crippen LogP contribution in [-0.2, 0) is 15.7 Å². The van der Waals surface area contributed by atoms with Gasteiger partial charge in [-0.2, -0.15) is 0 Å². The highest BCUT2D eigenvalue weighted by Gasteiger charge is 2.44. The third kappa shape index (κ3) is 3.45. The molecular formula is C20H30N2O. The van der Waals surface area contributed by atoms with Crippen LogP contribution in [0.25, 0.3) is 0 Å². The quantitative estimate of drug-likeness (QED) is 0.832. The Balaban J connectivity index is 1.79. The molecule has 3 nitrogen and oxygen atoms in total. The lowest BCUT2D eigenvalue weighted by Crippen LogP contribution is -2.46. The van der Waals surface area contributed by atoms with Crippen LogP contribution in [0.4, 0.5) is 0 Å². The Bertz CT molecular complexity index is 567. The van der Waals surface area contributed by atoms with E-state index in [1.165, 1.54) is 25.7 Å². The van der Waals surface area contributed by atoms with Crippen LogP contribution in [-0.4, -0.2) is 11.9 Å². The lowest BCUT2D eigenvalue weighted by atomic mass is 9.78. The second-order valence-corrected chi connectivity index (χ2v) is 7.99. The zero-order valence-electron chi connectivity index (χ0n) is 14.5. The SMILES string of the molecule is CC(C)(C(=O)NC1CCCCCC1)c1ccccc1C1(N)CC1. The topological polar surface area (TPSA) is 55.1 Å². The first kappa shape index (κ1) is 16.5. The fraction of sp³-hybridized carbons (Fsp3) is 0.650. The molecule has 3 rings (SSSR count). The number of hydrogen-bond donors (Lipinski definition) is 2. The van der Waals surface area contributed by atoms with Gasteiger partial charge in [-0.15, -0.1) is 0 Å². The molecule has 0 aromatic heterocycles. The van der Waals surface area contributed by atoms with Gasteiger partial charge in [0, 0.05) is 11.6 Å². The number of benzene rings is 1. The zero-order valence-corrected chi connectivity index (χ0v) is 14.5. The maximum absolute atomic E-state index is 13.0. The molecule has 0 bridgehead atoms. The van der Waals surface area contributed by atoms with E-state index in [9.17, 15) is 4.79 Å². The summed E-state index contributed by atoms with van der Waals surface area (Å²) in [5, 5.41) is 3.32. The van der Waals surface area contributed by atoms with Crippen LogP contribution >= 0.6 is 0 Å². The molecule has 0 aliphatic heterocycles. The van der Waals surface area contributed by atoms with E-state index < -0.39 is 5.41 Å². The van der Waals surface area contributed by atoms with Crippen molar-refractivity contribution in [3.8, 4) is 0 Å². The summed E-state index contributed by atoms with van der Waals surface area (Å²) in [5.41, 5.74) is 7.93. The van der Waals surface area contributed by atoms with Gasteiger partial charge in [-0.05, 0) is 50.7 Å². The maximum Gasteiger partial charge on any atom is 0.230 e. The third-order valence-electron chi connectivity index (χ3n) is 5.68. The Kier molecular flexibility index (Phi) is 4.50. The number of nitrogens with one attached hydrogen (secondary N) is 1. The summed E-state index contributed by atoms with van der Waals surface area (Å²) in [4.78, 5) is 13.0. The Labute approximate surface area is 140 Å². The highest BCUT2D eigenvalue weighted by molar-refractivity contribution is 5.88. The number of nitrogens with two attached hydrogens (primary N) is 1. The smallest absolute Gasteiger partial charge is 0.230 e. The molecule has 1 aromatic carbocycles. The summed E-state index contributed by atoms with van der Waals surface area (Å²) in [6.45, 7) is 4.06. The van der Waals surface area contributed by atoms with Gasteiger partial charge >= 0.3 is 0 Å². The van der Waals surface area contributed by atoms with E-state index in [1.807, 2.05) is 26.0 Å².